The first-order valence-corrected chi connectivity index (χ1v) is 11.4. The van der Waals surface area contributed by atoms with Gasteiger partial charge in [0.25, 0.3) is 11.8 Å². The number of rotatable bonds is 7. The molecule has 7 nitrogen and oxygen atoms in total. The fourth-order valence-corrected chi connectivity index (χ4v) is 4.91. The second-order valence-corrected chi connectivity index (χ2v) is 9.47. The number of hydrogen-bond donors (Lipinski definition) is 0. The Morgan fingerprint density at radius 1 is 1.03 bits per heavy atom. The molecule has 1 fully saturated rings. The molecule has 2 amide bonds. The highest BCUT2D eigenvalue weighted by molar-refractivity contribution is 7.12. The van der Waals surface area contributed by atoms with Crippen molar-refractivity contribution in [2.45, 2.75) is 26.7 Å². The van der Waals surface area contributed by atoms with Gasteiger partial charge in [-0.1, -0.05) is 6.07 Å². The largest absolute Gasteiger partial charge is 0.456 e. The minimum atomic E-state index is -0.562. The lowest BCUT2D eigenvalue weighted by Crippen LogP contribution is -2.51. The predicted octanol–water partition coefficient (Wildman–Crippen LogP) is 2.92. The van der Waals surface area contributed by atoms with E-state index in [1.165, 1.54) is 11.3 Å². The average molecular weight is 449 g/mol. The molecular formula is C21H24N2O5S2. The Labute approximate surface area is 183 Å². The zero-order valence-electron chi connectivity index (χ0n) is 17.0. The Morgan fingerprint density at radius 2 is 1.73 bits per heavy atom. The average Bonchev–Trinajstić information content (AvgIpc) is 3.39. The van der Waals surface area contributed by atoms with Crippen LogP contribution in [0, 0.1) is 13.8 Å². The van der Waals surface area contributed by atoms with E-state index in [1.54, 1.807) is 27.2 Å². The summed E-state index contributed by atoms with van der Waals surface area (Å²) in [6.07, 6.45) is 0.0110. The first kappa shape index (κ1) is 22.2. The van der Waals surface area contributed by atoms with Crippen molar-refractivity contribution in [2.75, 3.05) is 32.8 Å². The molecule has 0 unspecified atom stereocenters. The quantitative estimate of drug-likeness (QED) is 0.480. The molecule has 160 valence electrons. The minimum Gasteiger partial charge on any atom is -0.456 e. The third-order valence-corrected chi connectivity index (χ3v) is 6.73. The molecule has 9 heteroatoms. The number of esters is 1. The molecule has 2 aromatic heterocycles. The molecule has 2 aromatic rings. The first-order chi connectivity index (χ1) is 14.3. The lowest BCUT2D eigenvalue weighted by Gasteiger charge is -2.34. The van der Waals surface area contributed by atoms with E-state index >= 15 is 0 Å². The summed E-state index contributed by atoms with van der Waals surface area (Å²) in [6, 6.07) is 5.46. The molecule has 3 rings (SSSR count). The van der Waals surface area contributed by atoms with E-state index in [9.17, 15) is 19.2 Å². The number of carbonyl (C=O) groups excluding carboxylic acids is 4. The minimum absolute atomic E-state index is 0.0238. The maximum atomic E-state index is 12.3. The lowest BCUT2D eigenvalue weighted by atomic mass is 10.1. The van der Waals surface area contributed by atoms with Crippen LogP contribution in [0.2, 0.25) is 0 Å². The zero-order chi connectivity index (χ0) is 21.7. The van der Waals surface area contributed by atoms with Crippen LogP contribution in [0.4, 0.5) is 0 Å². The molecule has 1 aliphatic rings. The smallest absolute Gasteiger partial charge is 0.306 e. The van der Waals surface area contributed by atoms with Crippen molar-refractivity contribution < 1.29 is 23.9 Å². The number of aryl methyl sites for hydroxylation is 2. The molecule has 0 atom stereocenters. The van der Waals surface area contributed by atoms with Crippen LogP contribution in [0.3, 0.4) is 0 Å². The highest BCUT2D eigenvalue weighted by Gasteiger charge is 2.26. The summed E-state index contributed by atoms with van der Waals surface area (Å²) in [5.74, 6) is -0.967. The fourth-order valence-electron chi connectivity index (χ4n) is 3.28. The van der Waals surface area contributed by atoms with Crippen molar-refractivity contribution in [3.05, 3.63) is 43.8 Å². The Balaban J connectivity index is 1.37. The standard InChI is InChI=1S/C21H24N2O5S2/c1-14-12-16(15(2)30-14)17(24)5-6-20(26)28-13-19(25)22-7-9-23(10-8-22)21(27)18-4-3-11-29-18/h3-4,11-12H,5-10,13H2,1-2H3. The van der Waals surface area contributed by atoms with Crippen molar-refractivity contribution in [2.24, 2.45) is 0 Å². The first-order valence-electron chi connectivity index (χ1n) is 9.71. The van der Waals surface area contributed by atoms with Crippen LogP contribution < -0.4 is 0 Å². The molecular weight excluding hydrogens is 424 g/mol. The van der Waals surface area contributed by atoms with Crippen LogP contribution in [-0.4, -0.2) is 66.2 Å². The number of carbonyl (C=O) groups is 4. The van der Waals surface area contributed by atoms with Gasteiger partial charge in [-0.3, -0.25) is 19.2 Å². The van der Waals surface area contributed by atoms with E-state index in [0.717, 1.165) is 9.75 Å². The molecule has 0 N–H and O–H groups in total. The Hall–Kier alpha value is -2.52. The van der Waals surface area contributed by atoms with Gasteiger partial charge in [0.1, 0.15) is 0 Å². The van der Waals surface area contributed by atoms with Gasteiger partial charge in [-0.25, -0.2) is 0 Å². The van der Waals surface area contributed by atoms with Gasteiger partial charge in [0.05, 0.1) is 11.3 Å². The molecule has 0 bridgehead atoms. The second-order valence-electron chi connectivity index (χ2n) is 7.06. The van der Waals surface area contributed by atoms with Crippen LogP contribution in [-0.2, 0) is 14.3 Å². The number of Topliss-reactive ketones (excluding diaryl/α,β-unsaturated/α-hetero) is 1. The van der Waals surface area contributed by atoms with Crippen molar-refractivity contribution in [1.82, 2.24) is 9.80 Å². The molecule has 0 radical (unpaired) electrons. The lowest BCUT2D eigenvalue weighted by molar-refractivity contribution is -0.152. The number of thiophene rings is 2. The van der Waals surface area contributed by atoms with Gasteiger partial charge in [-0.15, -0.1) is 22.7 Å². The maximum absolute atomic E-state index is 12.3. The zero-order valence-corrected chi connectivity index (χ0v) is 18.6. The fraction of sp³-hybridized carbons (Fsp3) is 0.429. The number of amides is 2. The van der Waals surface area contributed by atoms with E-state index in [0.29, 0.717) is 36.6 Å². The van der Waals surface area contributed by atoms with E-state index in [4.69, 9.17) is 4.74 Å². The van der Waals surface area contributed by atoms with Crippen LogP contribution in [0.15, 0.2) is 23.6 Å². The van der Waals surface area contributed by atoms with Gasteiger partial charge in [-0.05, 0) is 31.4 Å². The summed E-state index contributed by atoms with van der Waals surface area (Å²) in [6.45, 7) is 5.19. The second kappa shape index (κ2) is 9.99. The normalized spacial score (nSPS) is 13.9. The highest BCUT2D eigenvalue weighted by Crippen LogP contribution is 2.22. The molecule has 0 aliphatic carbocycles. The van der Waals surface area contributed by atoms with Gasteiger partial charge >= 0.3 is 5.97 Å². The van der Waals surface area contributed by atoms with Crippen molar-refractivity contribution in [3.63, 3.8) is 0 Å². The van der Waals surface area contributed by atoms with Gasteiger partial charge < -0.3 is 14.5 Å². The summed E-state index contributed by atoms with van der Waals surface area (Å²) in [5, 5.41) is 1.86. The van der Waals surface area contributed by atoms with E-state index in [1.807, 2.05) is 31.4 Å². The number of piperazine rings is 1. The molecule has 1 aliphatic heterocycles. The topological polar surface area (TPSA) is 84.0 Å². The van der Waals surface area contributed by atoms with E-state index in [2.05, 4.69) is 0 Å². The molecule has 1 saturated heterocycles. The van der Waals surface area contributed by atoms with E-state index < -0.39 is 5.97 Å². The summed E-state index contributed by atoms with van der Waals surface area (Å²) < 4.78 is 5.05. The maximum Gasteiger partial charge on any atom is 0.306 e. The monoisotopic (exact) mass is 448 g/mol. The van der Waals surface area contributed by atoms with Gasteiger partial charge in [0.2, 0.25) is 0 Å². The Morgan fingerprint density at radius 3 is 2.33 bits per heavy atom. The molecule has 3 heterocycles. The predicted molar refractivity (Wildman–Crippen MR) is 115 cm³/mol. The van der Waals surface area contributed by atoms with Crippen molar-refractivity contribution >= 4 is 46.2 Å². The van der Waals surface area contributed by atoms with Crippen molar-refractivity contribution in [3.8, 4) is 0 Å². The van der Waals surface area contributed by atoms with Crippen LogP contribution in [0.1, 0.15) is 42.6 Å². The number of ketones is 1. The summed E-state index contributed by atoms with van der Waals surface area (Å²) in [7, 11) is 0. The number of ether oxygens (including phenoxy) is 1. The van der Waals surface area contributed by atoms with Gasteiger partial charge in [-0.2, -0.15) is 0 Å². The SMILES string of the molecule is Cc1cc(C(=O)CCC(=O)OCC(=O)N2CCN(C(=O)c3cccs3)CC2)c(C)s1. The molecule has 0 saturated carbocycles. The molecule has 30 heavy (non-hydrogen) atoms. The number of hydrogen-bond acceptors (Lipinski definition) is 7. The van der Waals surface area contributed by atoms with Gasteiger partial charge in [0.15, 0.2) is 12.4 Å². The van der Waals surface area contributed by atoms with Crippen LogP contribution in [0.25, 0.3) is 0 Å². The van der Waals surface area contributed by atoms with E-state index in [-0.39, 0.29) is 37.0 Å². The summed E-state index contributed by atoms with van der Waals surface area (Å²) >= 11 is 2.95. The van der Waals surface area contributed by atoms with Crippen LogP contribution >= 0.6 is 22.7 Å². The molecule has 0 aromatic carbocycles. The molecule has 0 spiro atoms. The third-order valence-electron chi connectivity index (χ3n) is 4.91. The Bertz CT molecular complexity index is 927. The van der Waals surface area contributed by atoms with Gasteiger partial charge in [0, 0.05) is 47.9 Å². The number of nitrogens with zero attached hydrogens (tertiary/aromatic N) is 2. The third kappa shape index (κ3) is 5.54. The van der Waals surface area contributed by atoms with Crippen LogP contribution in [0.5, 0.6) is 0 Å². The summed E-state index contributed by atoms with van der Waals surface area (Å²) in [4.78, 5) is 54.8. The highest BCUT2D eigenvalue weighted by atomic mass is 32.1. The Kier molecular flexibility index (Phi) is 7.38. The van der Waals surface area contributed by atoms with Crippen molar-refractivity contribution in [1.29, 1.82) is 0 Å². The summed E-state index contributed by atoms with van der Waals surface area (Å²) in [5.41, 5.74) is 0.649.